The number of hydrogen-bond acceptors (Lipinski definition) is 4. The van der Waals surface area contributed by atoms with Crippen LogP contribution in [-0.2, 0) is 6.54 Å². The summed E-state index contributed by atoms with van der Waals surface area (Å²) >= 11 is 0. The highest BCUT2D eigenvalue weighted by Gasteiger charge is 2.12. The SMILES string of the molecule is CNc1nc(C)nc(N(C)Cc2ccc(C)cc2)c1C. The summed E-state index contributed by atoms with van der Waals surface area (Å²) in [5.41, 5.74) is 3.63. The van der Waals surface area contributed by atoms with E-state index in [1.165, 1.54) is 11.1 Å². The molecule has 0 fully saturated rings. The lowest BCUT2D eigenvalue weighted by Crippen LogP contribution is -2.20. The first-order valence-corrected chi connectivity index (χ1v) is 6.81. The summed E-state index contributed by atoms with van der Waals surface area (Å²) in [5, 5.41) is 3.12. The highest BCUT2D eigenvalue weighted by molar-refractivity contribution is 5.58. The maximum atomic E-state index is 4.57. The van der Waals surface area contributed by atoms with E-state index >= 15 is 0 Å². The van der Waals surface area contributed by atoms with Crippen molar-refractivity contribution in [3.8, 4) is 0 Å². The fourth-order valence-corrected chi connectivity index (χ4v) is 2.27. The van der Waals surface area contributed by atoms with Gasteiger partial charge >= 0.3 is 0 Å². The standard InChI is InChI=1S/C16H22N4/c1-11-6-8-14(9-7-11)10-20(5)16-12(2)15(17-4)18-13(3)19-16/h6-9H,10H2,1-5H3,(H,17,18,19). The monoisotopic (exact) mass is 270 g/mol. The van der Waals surface area contributed by atoms with Gasteiger partial charge in [-0.3, -0.25) is 0 Å². The third-order valence-corrected chi connectivity index (χ3v) is 3.37. The fraction of sp³-hybridized carbons (Fsp3) is 0.375. The third-order valence-electron chi connectivity index (χ3n) is 3.37. The molecule has 1 aromatic heterocycles. The van der Waals surface area contributed by atoms with Crippen LogP contribution in [0.4, 0.5) is 11.6 Å². The van der Waals surface area contributed by atoms with Gasteiger partial charge in [-0.2, -0.15) is 0 Å². The van der Waals surface area contributed by atoms with Gasteiger partial charge in [-0.15, -0.1) is 0 Å². The molecule has 20 heavy (non-hydrogen) atoms. The zero-order valence-corrected chi connectivity index (χ0v) is 12.9. The second kappa shape index (κ2) is 5.90. The van der Waals surface area contributed by atoms with Crippen molar-refractivity contribution in [1.29, 1.82) is 0 Å². The van der Waals surface area contributed by atoms with E-state index in [4.69, 9.17) is 0 Å². The van der Waals surface area contributed by atoms with Crippen molar-refractivity contribution in [2.75, 3.05) is 24.3 Å². The molecule has 0 amide bonds. The highest BCUT2D eigenvalue weighted by atomic mass is 15.2. The Morgan fingerprint density at radius 2 is 1.70 bits per heavy atom. The molecule has 0 atom stereocenters. The first kappa shape index (κ1) is 14.3. The number of rotatable bonds is 4. The van der Waals surface area contributed by atoms with Crippen LogP contribution in [0.2, 0.25) is 0 Å². The Kier molecular flexibility index (Phi) is 4.23. The van der Waals surface area contributed by atoms with Crippen molar-refractivity contribution in [3.63, 3.8) is 0 Å². The zero-order valence-electron chi connectivity index (χ0n) is 12.9. The molecule has 4 heteroatoms. The lowest BCUT2D eigenvalue weighted by Gasteiger charge is -2.22. The molecule has 0 saturated carbocycles. The van der Waals surface area contributed by atoms with Crippen LogP contribution in [0.3, 0.4) is 0 Å². The molecule has 0 spiro atoms. The Morgan fingerprint density at radius 1 is 1.05 bits per heavy atom. The lowest BCUT2D eigenvalue weighted by molar-refractivity contribution is 0.870. The average molecular weight is 270 g/mol. The summed E-state index contributed by atoms with van der Waals surface area (Å²) in [6.45, 7) is 6.90. The Morgan fingerprint density at radius 3 is 2.30 bits per heavy atom. The van der Waals surface area contributed by atoms with Crippen LogP contribution in [0.5, 0.6) is 0 Å². The maximum Gasteiger partial charge on any atom is 0.137 e. The molecule has 0 bridgehead atoms. The largest absolute Gasteiger partial charge is 0.373 e. The molecule has 0 saturated heterocycles. The predicted octanol–water partition coefficient (Wildman–Crippen LogP) is 3.08. The Bertz CT molecular complexity index is 590. The number of aryl methyl sites for hydroxylation is 2. The van der Waals surface area contributed by atoms with Crippen LogP contribution in [0.1, 0.15) is 22.5 Å². The van der Waals surface area contributed by atoms with E-state index in [-0.39, 0.29) is 0 Å². The van der Waals surface area contributed by atoms with Gasteiger partial charge in [0, 0.05) is 26.2 Å². The maximum absolute atomic E-state index is 4.57. The Balaban J connectivity index is 2.26. The molecule has 0 aliphatic heterocycles. The first-order chi connectivity index (χ1) is 9.51. The van der Waals surface area contributed by atoms with Crippen molar-refractivity contribution in [2.24, 2.45) is 0 Å². The van der Waals surface area contributed by atoms with Crippen LogP contribution in [0.15, 0.2) is 24.3 Å². The number of anilines is 2. The summed E-state index contributed by atoms with van der Waals surface area (Å²) in [6.07, 6.45) is 0. The Hall–Kier alpha value is -2.10. The van der Waals surface area contributed by atoms with Gasteiger partial charge in [-0.05, 0) is 26.3 Å². The van der Waals surface area contributed by atoms with Crippen LogP contribution in [0.25, 0.3) is 0 Å². The minimum Gasteiger partial charge on any atom is -0.373 e. The molecule has 0 radical (unpaired) electrons. The first-order valence-electron chi connectivity index (χ1n) is 6.81. The van der Waals surface area contributed by atoms with Gasteiger partial charge in [0.2, 0.25) is 0 Å². The van der Waals surface area contributed by atoms with E-state index < -0.39 is 0 Å². The molecular formula is C16H22N4. The summed E-state index contributed by atoms with van der Waals surface area (Å²) in [6, 6.07) is 8.60. The smallest absolute Gasteiger partial charge is 0.137 e. The number of nitrogens with one attached hydrogen (secondary N) is 1. The van der Waals surface area contributed by atoms with Gasteiger partial charge < -0.3 is 10.2 Å². The number of aromatic nitrogens is 2. The van der Waals surface area contributed by atoms with E-state index in [0.717, 1.165) is 29.6 Å². The van der Waals surface area contributed by atoms with Crippen molar-refractivity contribution >= 4 is 11.6 Å². The minimum absolute atomic E-state index is 0.783. The fourth-order valence-electron chi connectivity index (χ4n) is 2.27. The van der Waals surface area contributed by atoms with Crippen molar-refractivity contribution in [2.45, 2.75) is 27.3 Å². The van der Waals surface area contributed by atoms with Gasteiger partial charge in [0.1, 0.15) is 17.5 Å². The topological polar surface area (TPSA) is 41.1 Å². The van der Waals surface area contributed by atoms with Crippen molar-refractivity contribution < 1.29 is 0 Å². The third kappa shape index (κ3) is 3.07. The molecule has 4 nitrogen and oxygen atoms in total. The number of nitrogens with zero attached hydrogens (tertiary/aromatic N) is 3. The molecule has 1 N–H and O–H groups in total. The van der Waals surface area contributed by atoms with Crippen LogP contribution in [-0.4, -0.2) is 24.1 Å². The normalized spacial score (nSPS) is 10.4. The van der Waals surface area contributed by atoms with E-state index in [9.17, 15) is 0 Å². The van der Waals surface area contributed by atoms with Crippen molar-refractivity contribution in [3.05, 3.63) is 46.8 Å². The van der Waals surface area contributed by atoms with Gasteiger partial charge in [0.25, 0.3) is 0 Å². The van der Waals surface area contributed by atoms with E-state index in [1.54, 1.807) is 0 Å². The predicted molar refractivity (Wildman–Crippen MR) is 84.3 cm³/mol. The summed E-state index contributed by atoms with van der Waals surface area (Å²) in [5.74, 6) is 2.65. The highest BCUT2D eigenvalue weighted by Crippen LogP contribution is 2.23. The lowest BCUT2D eigenvalue weighted by atomic mass is 10.1. The van der Waals surface area contributed by atoms with Gasteiger partial charge in [-0.1, -0.05) is 29.8 Å². The van der Waals surface area contributed by atoms with Crippen LogP contribution >= 0.6 is 0 Å². The average Bonchev–Trinajstić information content (AvgIpc) is 2.43. The van der Waals surface area contributed by atoms with E-state index in [2.05, 4.69) is 58.4 Å². The second-order valence-electron chi connectivity index (χ2n) is 5.16. The van der Waals surface area contributed by atoms with Gasteiger partial charge in [0.05, 0.1) is 0 Å². The van der Waals surface area contributed by atoms with Gasteiger partial charge in [0.15, 0.2) is 0 Å². The number of benzene rings is 1. The summed E-state index contributed by atoms with van der Waals surface area (Å²) in [4.78, 5) is 11.1. The molecule has 1 heterocycles. The second-order valence-corrected chi connectivity index (χ2v) is 5.16. The molecule has 0 unspecified atom stereocenters. The van der Waals surface area contributed by atoms with E-state index in [0.29, 0.717) is 0 Å². The Labute approximate surface area is 120 Å². The summed E-state index contributed by atoms with van der Waals surface area (Å²) < 4.78 is 0. The molecule has 0 aliphatic rings. The van der Waals surface area contributed by atoms with Crippen LogP contribution in [0, 0.1) is 20.8 Å². The van der Waals surface area contributed by atoms with Crippen molar-refractivity contribution in [1.82, 2.24) is 9.97 Å². The molecule has 106 valence electrons. The molecule has 2 aromatic rings. The minimum atomic E-state index is 0.783. The molecule has 2 rings (SSSR count). The zero-order chi connectivity index (χ0) is 14.7. The molecular weight excluding hydrogens is 248 g/mol. The van der Waals surface area contributed by atoms with Gasteiger partial charge in [-0.25, -0.2) is 9.97 Å². The number of hydrogen-bond donors (Lipinski definition) is 1. The molecule has 1 aromatic carbocycles. The quantitative estimate of drug-likeness (QED) is 0.927. The van der Waals surface area contributed by atoms with Crippen LogP contribution < -0.4 is 10.2 Å². The molecule has 0 aliphatic carbocycles. The van der Waals surface area contributed by atoms with E-state index in [1.807, 2.05) is 20.9 Å². The summed E-state index contributed by atoms with van der Waals surface area (Å²) in [7, 11) is 3.95.